The molecule has 0 atom stereocenters. The molecule has 2 aromatic carbocycles. The van der Waals surface area contributed by atoms with Gasteiger partial charge in [0.25, 0.3) is 0 Å². The Kier molecular flexibility index (Phi) is 4.64. The molecule has 0 fully saturated rings. The number of aromatic hydroxyl groups is 2. The van der Waals surface area contributed by atoms with Crippen molar-refractivity contribution in [1.82, 2.24) is 0 Å². The van der Waals surface area contributed by atoms with E-state index in [1.807, 2.05) is 0 Å². The summed E-state index contributed by atoms with van der Waals surface area (Å²) < 4.78 is 0. The molecule has 2 aromatic rings. The Morgan fingerprint density at radius 2 is 1.12 bits per heavy atom. The summed E-state index contributed by atoms with van der Waals surface area (Å²) in [5, 5.41) is 40.1. The van der Waals surface area contributed by atoms with Gasteiger partial charge in [-0.2, -0.15) is 0 Å². The lowest BCUT2D eigenvalue weighted by Crippen LogP contribution is -1.88. The molecular weight excluding hydrogens is 316 g/mol. The van der Waals surface area contributed by atoms with Crippen molar-refractivity contribution in [3.63, 3.8) is 0 Å². The Hall–Kier alpha value is -4.04. The average molecular weight is 324 g/mol. The van der Waals surface area contributed by atoms with Crippen LogP contribution in [-0.2, 0) is 0 Å². The molecule has 0 radical (unpaired) electrons. The highest BCUT2D eigenvalue weighted by Crippen LogP contribution is 2.26. The van der Waals surface area contributed by atoms with Crippen LogP contribution in [0.5, 0.6) is 11.5 Å². The molecule has 8 nitrogen and oxygen atoms in total. The highest BCUT2D eigenvalue weighted by atomic mass is 16.6. The van der Waals surface area contributed by atoms with Crippen LogP contribution in [-0.4, -0.2) is 20.1 Å². The topological polar surface area (TPSA) is 127 Å². The van der Waals surface area contributed by atoms with Crippen LogP contribution in [0, 0.1) is 43.9 Å². The third-order valence-electron chi connectivity index (χ3n) is 2.82. The van der Waals surface area contributed by atoms with E-state index in [2.05, 4.69) is 23.7 Å². The van der Waals surface area contributed by atoms with E-state index < -0.39 is 32.7 Å². The van der Waals surface area contributed by atoms with Crippen molar-refractivity contribution in [2.24, 2.45) is 0 Å². The summed E-state index contributed by atoms with van der Waals surface area (Å²) in [4.78, 5) is 19.7. The van der Waals surface area contributed by atoms with E-state index in [0.29, 0.717) is 11.1 Å². The molecule has 2 rings (SSSR count). The molecule has 24 heavy (non-hydrogen) atoms. The van der Waals surface area contributed by atoms with Gasteiger partial charge in [-0.3, -0.25) is 20.2 Å². The molecule has 0 heterocycles. The Balaban J connectivity index is 2.19. The van der Waals surface area contributed by atoms with Crippen LogP contribution in [0.1, 0.15) is 11.1 Å². The van der Waals surface area contributed by atoms with Gasteiger partial charge in [-0.25, -0.2) is 0 Å². The average Bonchev–Trinajstić information content (AvgIpc) is 2.51. The summed E-state index contributed by atoms with van der Waals surface area (Å²) in [5.74, 6) is 9.13. The predicted octanol–water partition coefficient (Wildman–Crippen LogP) is 2.32. The SMILES string of the molecule is O=[N+]([O-])c1ccc(C#CC#Cc2ccc([N+](=O)[O-])c(O)c2)cc1O. The molecular formula is C16H8N2O6. The van der Waals surface area contributed by atoms with E-state index in [9.17, 15) is 30.4 Å². The van der Waals surface area contributed by atoms with Gasteiger partial charge in [-0.1, -0.05) is 11.8 Å². The first-order valence-corrected chi connectivity index (χ1v) is 6.35. The second kappa shape index (κ2) is 6.81. The molecule has 0 aliphatic rings. The maximum atomic E-state index is 10.6. The smallest absolute Gasteiger partial charge is 0.310 e. The van der Waals surface area contributed by atoms with Gasteiger partial charge in [-0.05, 0) is 24.0 Å². The van der Waals surface area contributed by atoms with Gasteiger partial charge < -0.3 is 10.2 Å². The van der Waals surface area contributed by atoms with Gasteiger partial charge in [0.15, 0.2) is 11.5 Å². The van der Waals surface area contributed by atoms with E-state index >= 15 is 0 Å². The minimum Gasteiger partial charge on any atom is -0.502 e. The Morgan fingerprint density at radius 3 is 1.42 bits per heavy atom. The number of nitro benzene ring substituents is 2. The zero-order chi connectivity index (χ0) is 17.7. The van der Waals surface area contributed by atoms with E-state index in [0.717, 1.165) is 24.3 Å². The van der Waals surface area contributed by atoms with Gasteiger partial charge in [0.2, 0.25) is 0 Å². The summed E-state index contributed by atoms with van der Waals surface area (Å²) >= 11 is 0. The Bertz CT molecular complexity index is 880. The summed E-state index contributed by atoms with van der Waals surface area (Å²) in [7, 11) is 0. The minimum absolute atomic E-state index is 0.332. The third kappa shape index (κ3) is 3.78. The lowest BCUT2D eigenvalue weighted by molar-refractivity contribution is -0.386. The van der Waals surface area contributed by atoms with Crippen molar-refractivity contribution in [1.29, 1.82) is 0 Å². The lowest BCUT2D eigenvalue weighted by Gasteiger charge is -1.95. The van der Waals surface area contributed by atoms with Crippen LogP contribution in [0.2, 0.25) is 0 Å². The second-order valence-electron chi connectivity index (χ2n) is 4.42. The normalized spacial score (nSPS) is 9.17. The zero-order valence-corrected chi connectivity index (χ0v) is 11.9. The molecule has 0 bridgehead atoms. The third-order valence-corrected chi connectivity index (χ3v) is 2.82. The van der Waals surface area contributed by atoms with Crippen LogP contribution in [0.15, 0.2) is 36.4 Å². The first-order valence-electron chi connectivity index (χ1n) is 6.35. The van der Waals surface area contributed by atoms with Crippen molar-refractivity contribution in [2.45, 2.75) is 0 Å². The summed E-state index contributed by atoms with van der Waals surface area (Å²) in [6, 6.07) is 7.27. The van der Waals surface area contributed by atoms with Crippen molar-refractivity contribution in [3.8, 4) is 35.2 Å². The summed E-state index contributed by atoms with van der Waals surface area (Å²) in [6.45, 7) is 0. The van der Waals surface area contributed by atoms with Crippen molar-refractivity contribution >= 4 is 11.4 Å². The van der Waals surface area contributed by atoms with Crippen LogP contribution >= 0.6 is 0 Å². The molecule has 118 valence electrons. The highest BCUT2D eigenvalue weighted by Gasteiger charge is 2.12. The van der Waals surface area contributed by atoms with Gasteiger partial charge >= 0.3 is 11.4 Å². The van der Waals surface area contributed by atoms with E-state index in [4.69, 9.17) is 0 Å². The fourth-order valence-electron chi connectivity index (χ4n) is 1.72. The number of benzene rings is 2. The second-order valence-corrected chi connectivity index (χ2v) is 4.42. The van der Waals surface area contributed by atoms with Crippen LogP contribution in [0.4, 0.5) is 11.4 Å². The maximum absolute atomic E-state index is 10.6. The number of phenols is 2. The van der Waals surface area contributed by atoms with Gasteiger partial charge in [-0.15, -0.1) is 0 Å². The van der Waals surface area contributed by atoms with E-state index in [-0.39, 0.29) is 0 Å². The van der Waals surface area contributed by atoms with Crippen molar-refractivity contribution in [2.75, 3.05) is 0 Å². The fraction of sp³-hybridized carbons (Fsp3) is 0. The molecule has 0 spiro atoms. The molecule has 0 unspecified atom stereocenters. The summed E-state index contributed by atoms with van der Waals surface area (Å²) in [6.07, 6.45) is 0. The first-order chi connectivity index (χ1) is 11.4. The molecule has 2 N–H and O–H groups in total. The Labute approximate surface area is 135 Å². The number of rotatable bonds is 2. The molecule has 0 saturated heterocycles. The standard InChI is InChI=1S/C16H8N2O6/c19-15-9-11(5-7-13(15)17(21)22)3-1-2-4-12-6-8-14(18(23)24)16(20)10-12/h5-10,19-20H. The monoisotopic (exact) mass is 324 g/mol. The molecule has 0 saturated carbocycles. The van der Waals surface area contributed by atoms with Gasteiger partial charge in [0.05, 0.1) is 9.85 Å². The number of phenolic OH excluding ortho intramolecular Hbond substituents is 2. The van der Waals surface area contributed by atoms with Crippen LogP contribution in [0.3, 0.4) is 0 Å². The van der Waals surface area contributed by atoms with Crippen LogP contribution in [0.25, 0.3) is 0 Å². The molecule has 0 amide bonds. The minimum atomic E-state index is -0.715. The number of nitrogens with zero attached hydrogens (tertiary/aromatic N) is 2. The molecule has 0 aliphatic carbocycles. The molecule has 0 aliphatic heterocycles. The number of hydrogen-bond donors (Lipinski definition) is 2. The fourth-order valence-corrected chi connectivity index (χ4v) is 1.72. The quantitative estimate of drug-likeness (QED) is 0.496. The maximum Gasteiger partial charge on any atom is 0.310 e. The largest absolute Gasteiger partial charge is 0.502 e. The van der Waals surface area contributed by atoms with Crippen molar-refractivity contribution in [3.05, 3.63) is 67.8 Å². The van der Waals surface area contributed by atoms with E-state index in [1.54, 1.807) is 0 Å². The van der Waals surface area contributed by atoms with Gasteiger partial charge in [0, 0.05) is 35.4 Å². The highest BCUT2D eigenvalue weighted by molar-refractivity contribution is 5.54. The number of hydrogen-bond acceptors (Lipinski definition) is 6. The van der Waals surface area contributed by atoms with Crippen LogP contribution < -0.4 is 0 Å². The van der Waals surface area contributed by atoms with E-state index in [1.165, 1.54) is 12.1 Å². The lowest BCUT2D eigenvalue weighted by atomic mass is 10.2. The van der Waals surface area contributed by atoms with Gasteiger partial charge in [0.1, 0.15) is 0 Å². The van der Waals surface area contributed by atoms with Crippen molar-refractivity contribution < 1.29 is 20.1 Å². The predicted molar refractivity (Wildman–Crippen MR) is 83.3 cm³/mol. The number of nitro groups is 2. The Morgan fingerprint density at radius 1 is 0.750 bits per heavy atom. The molecule has 8 heteroatoms. The first kappa shape index (κ1) is 16.3. The zero-order valence-electron chi connectivity index (χ0n) is 11.9. The summed E-state index contributed by atoms with van der Waals surface area (Å²) in [5.41, 5.74) is -0.182. The molecule has 0 aromatic heterocycles.